The van der Waals surface area contributed by atoms with Crippen LogP contribution in [0.3, 0.4) is 0 Å². The van der Waals surface area contributed by atoms with Crippen LogP contribution >= 0.6 is 0 Å². The average molecular weight is 355 g/mol. The number of anilines is 1. The number of fused-ring (bicyclic) bond motifs is 1. The molecule has 0 unspecified atom stereocenters. The zero-order valence-corrected chi connectivity index (χ0v) is 15.5. The number of hydrogen-bond donors (Lipinski definition) is 0. The van der Waals surface area contributed by atoms with Crippen LogP contribution in [0.2, 0.25) is 0 Å². The number of allylic oxidation sites excluding steroid dienone is 1. The van der Waals surface area contributed by atoms with Gasteiger partial charge >= 0.3 is 6.09 Å². The van der Waals surface area contributed by atoms with Crippen LogP contribution < -0.4 is 4.90 Å². The van der Waals surface area contributed by atoms with E-state index in [1.807, 2.05) is 55.5 Å². The molecule has 3 nitrogen and oxygen atoms in total. The number of amides is 1. The van der Waals surface area contributed by atoms with E-state index in [0.29, 0.717) is 12.2 Å². The Morgan fingerprint density at radius 3 is 2.30 bits per heavy atom. The van der Waals surface area contributed by atoms with Gasteiger partial charge in [-0.25, -0.2) is 4.79 Å². The van der Waals surface area contributed by atoms with E-state index < -0.39 is 0 Å². The van der Waals surface area contributed by atoms with E-state index in [0.717, 1.165) is 28.0 Å². The summed E-state index contributed by atoms with van der Waals surface area (Å²) in [5.74, 6) is 0.645. The summed E-state index contributed by atoms with van der Waals surface area (Å²) in [6.45, 7) is 2.05. The standard InChI is InChI=1S/C24H21NO2/c1-17-13-14-22-21(15-17)23(27-24(26)25(22)2)20(19-11-7-4-8-12-19)16-18-9-5-3-6-10-18/h3-15H,16H2,1-2H3/b23-20-. The van der Waals surface area contributed by atoms with E-state index >= 15 is 0 Å². The Kier molecular flexibility index (Phi) is 4.51. The van der Waals surface area contributed by atoms with Gasteiger partial charge in [0.15, 0.2) is 0 Å². The van der Waals surface area contributed by atoms with Crippen molar-refractivity contribution in [2.45, 2.75) is 13.3 Å². The molecule has 3 aromatic carbocycles. The van der Waals surface area contributed by atoms with Crippen molar-refractivity contribution in [3.05, 3.63) is 101 Å². The van der Waals surface area contributed by atoms with Crippen molar-refractivity contribution in [3.63, 3.8) is 0 Å². The lowest BCUT2D eigenvalue weighted by atomic mass is 9.93. The summed E-state index contributed by atoms with van der Waals surface area (Å²) in [6, 6.07) is 26.5. The lowest BCUT2D eigenvalue weighted by molar-refractivity contribution is 0.199. The lowest BCUT2D eigenvalue weighted by Gasteiger charge is -2.29. The first-order valence-corrected chi connectivity index (χ1v) is 9.02. The van der Waals surface area contributed by atoms with Crippen molar-refractivity contribution in [2.24, 2.45) is 0 Å². The zero-order valence-electron chi connectivity index (χ0n) is 15.5. The molecule has 0 radical (unpaired) electrons. The van der Waals surface area contributed by atoms with Gasteiger partial charge in [-0.1, -0.05) is 72.3 Å². The van der Waals surface area contributed by atoms with E-state index in [1.165, 1.54) is 5.56 Å². The highest BCUT2D eigenvalue weighted by Gasteiger charge is 2.29. The summed E-state index contributed by atoms with van der Waals surface area (Å²) in [5.41, 5.74) is 6.19. The first kappa shape index (κ1) is 17.1. The van der Waals surface area contributed by atoms with Crippen LogP contribution in [-0.4, -0.2) is 13.1 Å². The third-order valence-corrected chi connectivity index (χ3v) is 4.84. The topological polar surface area (TPSA) is 29.5 Å². The molecule has 0 aliphatic carbocycles. The van der Waals surface area contributed by atoms with E-state index in [1.54, 1.807) is 11.9 Å². The van der Waals surface area contributed by atoms with Crippen LogP contribution in [0.25, 0.3) is 11.3 Å². The van der Waals surface area contributed by atoms with Crippen LogP contribution in [0.15, 0.2) is 78.9 Å². The smallest absolute Gasteiger partial charge is 0.409 e. The molecule has 1 aliphatic heterocycles. The molecule has 27 heavy (non-hydrogen) atoms. The molecule has 0 fully saturated rings. The van der Waals surface area contributed by atoms with Gasteiger partial charge in [0.1, 0.15) is 5.76 Å². The maximum atomic E-state index is 12.5. The van der Waals surface area contributed by atoms with Crippen LogP contribution in [0, 0.1) is 6.92 Å². The van der Waals surface area contributed by atoms with Crippen molar-refractivity contribution in [3.8, 4) is 0 Å². The molecule has 0 spiro atoms. The van der Waals surface area contributed by atoms with E-state index in [4.69, 9.17) is 4.74 Å². The molecule has 0 aromatic heterocycles. The van der Waals surface area contributed by atoms with Crippen molar-refractivity contribution < 1.29 is 9.53 Å². The van der Waals surface area contributed by atoms with E-state index in [9.17, 15) is 4.79 Å². The van der Waals surface area contributed by atoms with Gasteiger partial charge in [0.25, 0.3) is 0 Å². The summed E-state index contributed by atoms with van der Waals surface area (Å²) in [7, 11) is 1.74. The van der Waals surface area contributed by atoms with Crippen LogP contribution in [-0.2, 0) is 11.2 Å². The number of carbonyl (C=O) groups is 1. The highest BCUT2D eigenvalue weighted by Crippen LogP contribution is 2.39. The fourth-order valence-electron chi connectivity index (χ4n) is 3.41. The number of benzene rings is 3. The van der Waals surface area contributed by atoms with E-state index in [2.05, 4.69) is 30.3 Å². The Morgan fingerprint density at radius 1 is 0.926 bits per heavy atom. The number of nitrogens with zero attached hydrogens (tertiary/aromatic N) is 1. The first-order chi connectivity index (χ1) is 13.1. The molecule has 1 aliphatic rings. The zero-order chi connectivity index (χ0) is 18.8. The van der Waals surface area contributed by atoms with Gasteiger partial charge in [-0.05, 0) is 30.2 Å². The molecule has 0 bridgehead atoms. The van der Waals surface area contributed by atoms with Crippen molar-refractivity contribution in [2.75, 3.05) is 11.9 Å². The number of cyclic esters (lactones) is 1. The SMILES string of the molecule is Cc1ccc2c(c1)/C(=C(\Cc1ccccc1)c1ccccc1)OC(=O)N2C. The molecule has 0 saturated carbocycles. The third-order valence-electron chi connectivity index (χ3n) is 4.84. The molecular weight excluding hydrogens is 334 g/mol. The summed E-state index contributed by atoms with van der Waals surface area (Å²) < 4.78 is 5.84. The number of hydrogen-bond acceptors (Lipinski definition) is 2. The van der Waals surface area contributed by atoms with E-state index in [-0.39, 0.29) is 6.09 Å². The second kappa shape index (κ2) is 7.12. The van der Waals surface area contributed by atoms with Gasteiger partial charge in [0.05, 0.1) is 5.69 Å². The number of rotatable bonds is 3. The number of ether oxygens (including phenoxy) is 1. The van der Waals surface area contributed by atoms with Gasteiger partial charge in [-0.3, -0.25) is 4.90 Å². The van der Waals surface area contributed by atoms with Crippen LogP contribution in [0.1, 0.15) is 22.3 Å². The highest BCUT2D eigenvalue weighted by molar-refractivity contribution is 6.04. The molecule has 0 saturated heterocycles. The Balaban J connectivity index is 1.95. The second-order valence-corrected chi connectivity index (χ2v) is 6.78. The van der Waals surface area contributed by atoms with Crippen LogP contribution in [0.5, 0.6) is 0 Å². The molecule has 3 heteroatoms. The quantitative estimate of drug-likeness (QED) is 0.604. The molecule has 0 atom stereocenters. The molecule has 1 amide bonds. The summed E-state index contributed by atoms with van der Waals surface area (Å²) >= 11 is 0. The summed E-state index contributed by atoms with van der Waals surface area (Å²) in [5, 5.41) is 0. The molecule has 134 valence electrons. The fourth-order valence-corrected chi connectivity index (χ4v) is 3.41. The Labute approximate surface area is 159 Å². The van der Waals surface area contributed by atoms with Gasteiger partial charge < -0.3 is 4.74 Å². The minimum Gasteiger partial charge on any atom is -0.409 e. The minimum atomic E-state index is -0.358. The summed E-state index contributed by atoms with van der Waals surface area (Å²) in [4.78, 5) is 14.1. The van der Waals surface area contributed by atoms with Gasteiger partial charge in [-0.15, -0.1) is 0 Å². The van der Waals surface area contributed by atoms with Crippen molar-refractivity contribution in [1.29, 1.82) is 0 Å². The normalized spacial score (nSPS) is 15.2. The predicted octanol–water partition coefficient (Wildman–Crippen LogP) is 5.69. The monoisotopic (exact) mass is 355 g/mol. The maximum Gasteiger partial charge on any atom is 0.419 e. The van der Waals surface area contributed by atoms with Crippen molar-refractivity contribution >= 4 is 23.1 Å². The predicted molar refractivity (Wildman–Crippen MR) is 109 cm³/mol. The molecule has 1 heterocycles. The second-order valence-electron chi connectivity index (χ2n) is 6.78. The Hall–Kier alpha value is -3.33. The highest BCUT2D eigenvalue weighted by atomic mass is 16.6. The lowest BCUT2D eigenvalue weighted by Crippen LogP contribution is -2.31. The van der Waals surface area contributed by atoms with Crippen molar-refractivity contribution in [1.82, 2.24) is 0 Å². The fraction of sp³-hybridized carbons (Fsp3) is 0.125. The third kappa shape index (κ3) is 3.36. The van der Waals surface area contributed by atoms with Crippen LogP contribution in [0.4, 0.5) is 10.5 Å². The Morgan fingerprint density at radius 2 is 1.59 bits per heavy atom. The molecule has 4 rings (SSSR count). The molecular formula is C24H21NO2. The molecule has 3 aromatic rings. The summed E-state index contributed by atoms with van der Waals surface area (Å²) in [6.07, 6.45) is 0.327. The van der Waals surface area contributed by atoms with Gasteiger partial charge in [-0.2, -0.15) is 0 Å². The maximum absolute atomic E-state index is 12.5. The number of carbonyl (C=O) groups excluding carboxylic acids is 1. The van der Waals surface area contributed by atoms with Gasteiger partial charge in [0.2, 0.25) is 0 Å². The first-order valence-electron chi connectivity index (χ1n) is 9.02. The molecule has 0 N–H and O–H groups in total. The minimum absolute atomic E-state index is 0.358. The largest absolute Gasteiger partial charge is 0.419 e. The van der Waals surface area contributed by atoms with Gasteiger partial charge in [0, 0.05) is 24.6 Å². The average Bonchev–Trinajstić information content (AvgIpc) is 2.70. The Bertz CT molecular complexity index is 1010. The number of aryl methyl sites for hydroxylation is 1.